The highest BCUT2D eigenvalue weighted by atomic mass is 16.4. The molecule has 0 aromatic heterocycles. The second-order valence-corrected chi connectivity index (χ2v) is 3.16. The molecular formula is C12H9NO4. The summed E-state index contributed by atoms with van der Waals surface area (Å²) in [6.45, 7) is 1.31. The first-order valence-corrected chi connectivity index (χ1v) is 4.64. The molecule has 86 valence electrons. The molecule has 5 nitrogen and oxygen atoms in total. The maximum absolute atomic E-state index is 10.9. The molecule has 0 heterocycles. The van der Waals surface area contributed by atoms with E-state index < -0.39 is 5.97 Å². The minimum Gasteiger partial charge on any atom is -0.472 e. The molecule has 0 aliphatic rings. The molecule has 0 atom stereocenters. The van der Waals surface area contributed by atoms with Crippen molar-refractivity contribution >= 4 is 23.9 Å². The standard InChI is InChI=1S/C12H9NO4/c1-8(15)13-11-6-9(3-5-12(16)17)2-4-10(11)7-14/h2,4,6-7H,1H3,(H,13,15)(H,16,17). The zero-order valence-corrected chi connectivity index (χ0v) is 8.98. The Balaban J connectivity index is 3.14. The highest BCUT2D eigenvalue weighted by Crippen LogP contribution is 2.15. The van der Waals surface area contributed by atoms with Gasteiger partial charge in [-0.1, -0.05) is 5.92 Å². The molecule has 5 heteroatoms. The Morgan fingerprint density at radius 3 is 2.65 bits per heavy atom. The predicted octanol–water partition coefficient (Wildman–Crippen LogP) is 0.894. The summed E-state index contributed by atoms with van der Waals surface area (Å²) < 4.78 is 0. The van der Waals surface area contributed by atoms with Crippen molar-refractivity contribution in [2.24, 2.45) is 0 Å². The molecule has 2 N–H and O–H groups in total. The second kappa shape index (κ2) is 5.47. The molecule has 1 rings (SSSR count). The third-order valence-corrected chi connectivity index (χ3v) is 1.80. The molecule has 0 aliphatic carbocycles. The van der Waals surface area contributed by atoms with Crippen LogP contribution in [-0.4, -0.2) is 23.3 Å². The molecule has 0 radical (unpaired) electrons. The predicted molar refractivity (Wildman–Crippen MR) is 60.6 cm³/mol. The zero-order valence-electron chi connectivity index (χ0n) is 8.98. The van der Waals surface area contributed by atoms with Gasteiger partial charge in [0.2, 0.25) is 5.91 Å². The number of anilines is 1. The number of benzene rings is 1. The molecular weight excluding hydrogens is 222 g/mol. The van der Waals surface area contributed by atoms with E-state index in [1.54, 1.807) is 0 Å². The molecule has 0 saturated carbocycles. The smallest absolute Gasteiger partial charge is 0.382 e. The van der Waals surface area contributed by atoms with Crippen molar-refractivity contribution in [2.75, 3.05) is 5.32 Å². The van der Waals surface area contributed by atoms with Crippen LogP contribution in [0.2, 0.25) is 0 Å². The number of aldehydes is 1. The number of hydrogen-bond acceptors (Lipinski definition) is 3. The largest absolute Gasteiger partial charge is 0.472 e. The summed E-state index contributed by atoms with van der Waals surface area (Å²) in [5.41, 5.74) is 1.02. The number of carbonyl (C=O) groups excluding carboxylic acids is 2. The second-order valence-electron chi connectivity index (χ2n) is 3.16. The fourth-order valence-electron chi connectivity index (χ4n) is 1.16. The fraction of sp³-hybridized carbons (Fsp3) is 0.0833. The first kappa shape index (κ1) is 12.5. The Morgan fingerprint density at radius 1 is 1.41 bits per heavy atom. The highest BCUT2D eigenvalue weighted by molar-refractivity contribution is 5.95. The number of carboxylic acids is 1. The van der Waals surface area contributed by atoms with E-state index in [4.69, 9.17) is 5.11 Å². The maximum atomic E-state index is 10.9. The van der Waals surface area contributed by atoms with Gasteiger partial charge in [0.25, 0.3) is 0 Å². The molecule has 1 amide bonds. The summed E-state index contributed by atoms with van der Waals surface area (Å²) in [5.74, 6) is 2.77. The van der Waals surface area contributed by atoms with E-state index in [-0.39, 0.29) is 5.91 Å². The lowest BCUT2D eigenvalue weighted by Gasteiger charge is -2.05. The van der Waals surface area contributed by atoms with Crippen LogP contribution < -0.4 is 5.32 Å². The molecule has 0 saturated heterocycles. The van der Waals surface area contributed by atoms with Crippen molar-refractivity contribution in [1.82, 2.24) is 0 Å². The van der Waals surface area contributed by atoms with Crippen molar-refractivity contribution in [3.05, 3.63) is 29.3 Å². The van der Waals surface area contributed by atoms with Crippen molar-refractivity contribution < 1.29 is 19.5 Å². The minimum absolute atomic E-state index is 0.307. The van der Waals surface area contributed by atoms with Gasteiger partial charge in [0.15, 0.2) is 6.29 Å². The summed E-state index contributed by atoms with van der Waals surface area (Å²) in [4.78, 5) is 31.9. The third-order valence-electron chi connectivity index (χ3n) is 1.80. The van der Waals surface area contributed by atoms with E-state index in [2.05, 4.69) is 11.2 Å². The minimum atomic E-state index is -1.24. The van der Waals surface area contributed by atoms with Crippen molar-refractivity contribution in [3.63, 3.8) is 0 Å². The SMILES string of the molecule is CC(=O)Nc1cc(C#CC(=O)O)ccc1C=O. The first-order valence-electron chi connectivity index (χ1n) is 4.64. The number of carboxylic acid groups (broad SMARTS) is 1. The zero-order chi connectivity index (χ0) is 12.8. The third kappa shape index (κ3) is 3.80. The van der Waals surface area contributed by atoms with Gasteiger partial charge in [-0.15, -0.1) is 0 Å². The van der Waals surface area contributed by atoms with Crippen LogP contribution in [0, 0.1) is 11.8 Å². The molecule has 0 spiro atoms. The van der Waals surface area contributed by atoms with Crippen LogP contribution in [-0.2, 0) is 9.59 Å². The van der Waals surface area contributed by atoms with Gasteiger partial charge in [-0.3, -0.25) is 9.59 Å². The molecule has 0 bridgehead atoms. The Labute approximate surface area is 97.4 Å². The van der Waals surface area contributed by atoms with E-state index in [0.717, 1.165) is 0 Å². The van der Waals surface area contributed by atoms with Gasteiger partial charge in [-0.2, -0.15) is 0 Å². The quantitative estimate of drug-likeness (QED) is 0.585. The average Bonchev–Trinajstić information content (AvgIpc) is 2.25. The molecule has 0 aliphatic heterocycles. The van der Waals surface area contributed by atoms with E-state index in [1.165, 1.54) is 25.1 Å². The Morgan fingerprint density at radius 2 is 2.12 bits per heavy atom. The first-order chi connectivity index (χ1) is 8.02. The Hall–Kier alpha value is -2.61. The Bertz CT molecular complexity index is 537. The van der Waals surface area contributed by atoms with Crippen LogP contribution in [0.1, 0.15) is 22.8 Å². The van der Waals surface area contributed by atoms with Gasteiger partial charge in [0, 0.05) is 24.0 Å². The van der Waals surface area contributed by atoms with Crippen molar-refractivity contribution in [2.45, 2.75) is 6.92 Å². The molecule has 0 unspecified atom stereocenters. The lowest BCUT2D eigenvalue weighted by Crippen LogP contribution is -2.08. The van der Waals surface area contributed by atoms with Gasteiger partial charge in [-0.25, -0.2) is 4.79 Å². The molecule has 1 aromatic rings. The van der Waals surface area contributed by atoms with Gasteiger partial charge >= 0.3 is 5.97 Å². The summed E-state index contributed by atoms with van der Waals surface area (Å²) >= 11 is 0. The van der Waals surface area contributed by atoms with Crippen molar-refractivity contribution in [1.29, 1.82) is 0 Å². The van der Waals surface area contributed by atoms with Gasteiger partial charge in [0.05, 0.1) is 5.69 Å². The van der Waals surface area contributed by atoms with Crippen LogP contribution in [0.15, 0.2) is 18.2 Å². The van der Waals surface area contributed by atoms with Gasteiger partial charge in [-0.05, 0) is 18.2 Å². The molecule has 17 heavy (non-hydrogen) atoms. The monoisotopic (exact) mass is 231 g/mol. The van der Waals surface area contributed by atoms with Crippen LogP contribution in [0.4, 0.5) is 5.69 Å². The molecule has 1 aromatic carbocycles. The summed E-state index contributed by atoms with van der Waals surface area (Å²) in [6.07, 6.45) is 0.597. The van der Waals surface area contributed by atoms with Crippen LogP contribution in [0.5, 0.6) is 0 Å². The number of nitrogens with one attached hydrogen (secondary N) is 1. The summed E-state index contributed by atoms with van der Waals surface area (Å²) in [5, 5.41) is 10.9. The maximum Gasteiger partial charge on any atom is 0.382 e. The van der Waals surface area contributed by atoms with E-state index >= 15 is 0 Å². The van der Waals surface area contributed by atoms with Gasteiger partial charge in [0.1, 0.15) is 0 Å². The van der Waals surface area contributed by atoms with E-state index in [9.17, 15) is 14.4 Å². The van der Waals surface area contributed by atoms with Crippen LogP contribution in [0.3, 0.4) is 0 Å². The number of hydrogen-bond donors (Lipinski definition) is 2. The summed E-state index contributed by atoms with van der Waals surface area (Å²) in [7, 11) is 0. The van der Waals surface area contributed by atoms with Crippen LogP contribution >= 0.6 is 0 Å². The highest BCUT2D eigenvalue weighted by Gasteiger charge is 2.03. The van der Waals surface area contributed by atoms with Crippen LogP contribution in [0.25, 0.3) is 0 Å². The number of aliphatic carboxylic acids is 1. The van der Waals surface area contributed by atoms with Gasteiger partial charge < -0.3 is 10.4 Å². The number of rotatable bonds is 2. The number of carbonyl (C=O) groups is 3. The number of amides is 1. The average molecular weight is 231 g/mol. The van der Waals surface area contributed by atoms with E-state index in [0.29, 0.717) is 23.1 Å². The lowest BCUT2D eigenvalue weighted by molar-refractivity contribution is -0.130. The Kier molecular flexibility index (Phi) is 4.01. The van der Waals surface area contributed by atoms with Crippen molar-refractivity contribution in [3.8, 4) is 11.8 Å². The molecule has 0 fully saturated rings. The lowest BCUT2D eigenvalue weighted by atomic mass is 10.1. The van der Waals surface area contributed by atoms with E-state index in [1.807, 2.05) is 5.92 Å². The topological polar surface area (TPSA) is 83.5 Å². The summed E-state index contributed by atoms with van der Waals surface area (Å²) in [6, 6.07) is 4.41. The normalized spacial score (nSPS) is 8.76. The fourth-order valence-corrected chi connectivity index (χ4v) is 1.16.